The van der Waals surface area contributed by atoms with Crippen LogP contribution in [0.3, 0.4) is 0 Å². The van der Waals surface area contributed by atoms with E-state index in [-0.39, 0.29) is 18.3 Å². The molecule has 0 N–H and O–H groups in total. The van der Waals surface area contributed by atoms with E-state index in [1.807, 2.05) is 36.4 Å². The maximum absolute atomic E-state index is 13.0. The predicted molar refractivity (Wildman–Crippen MR) is 114 cm³/mol. The lowest BCUT2D eigenvalue weighted by molar-refractivity contribution is -0.120. The first-order chi connectivity index (χ1) is 13.2. The second kappa shape index (κ2) is 8.49. The number of nitrogens with zero attached hydrogens (tertiary/aromatic N) is 1. The topological polar surface area (TPSA) is 63.7 Å². The summed E-state index contributed by atoms with van der Waals surface area (Å²) in [6.45, 7) is 4.00. The van der Waals surface area contributed by atoms with E-state index in [1.165, 1.54) is 10.3 Å². The minimum atomic E-state index is -3.30. The van der Waals surface area contributed by atoms with Crippen LogP contribution >= 0.6 is 15.9 Å². The molecule has 7 heteroatoms. The summed E-state index contributed by atoms with van der Waals surface area (Å²) in [4.78, 5) is 14.5. The summed E-state index contributed by atoms with van der Waals surface area (Å²) in [5.41, 5.74) is 1.80. The zero-order valence-electron chi connectivity index (χ0n) is 15.7. The third-order valence-electron chi connectivity index (χ3n) is 4.53. The van der Waals surface area contributed by atoms with E-state index in [1.54, 1.807) is 18.2 Å². The van der Waals surface area contributed by atoms with Gasteiger partial charge in [-0.2, -0.15) is 0 Å². The van der Waals surface area contributed by atoms with Crippen molar-refractivity contribution < 1.29 is 17.9 Å². The molecule has 0 radical (unpaired) electrons. The molecular formula is C21H22BrNO4S. The van der Waals surface area contributed by atoms with E-state index >= 15 is 0 Å². The number of anilines is 1. The SMILES string of the molecule is CC(C)c1ccc(N(C(=O)COc2ccc(Br)cc2)C2C=CS(=O)(=O)C2)cc1. The van der Waals surface area contributed by atoms with Crippen LogP contribution in [0, 0.1) is 0 Å². The standard InChI is InChI=1S/C21H22BrNO4S/c1-15(2)16-3-7-18(8-4-16)23(19-11-12-28(25,26)14-19)21(24)13-27-20-9-5-17(22)6-10-20/h3-12,15,19H,13-14H2,1-2H3. The average Bonchev–Trinajstić information content (AvgIpc) is 3.01. The number of benzene rings is 2. The van der Waals surface area contributed by atoms with Gasteiger partial charge in [0.2, 0.25) is 0 Å². The van der Waals surface area contributed by atoms with Gasteiger partial charge in [0.25, 0.3) is 5.91 Å². The number of carbonyl (C=O) groups is 1. The molecule has 2 aromatic rings. The zero-order valence-corrected chi connectivity index (χ0v) is 18.1. The predicted octanol–water partition coefficient (Wildman–Crippen LogP) is 4.30. The Morgan fingerprint density at radius 3 is 2.32 bits per heavy atom. The molecule has 1 aliphatic heterocycles. The van der Waals surface area contributed by atoms with Gasteiger partial charge in [-0.3, -0.25) is 4.79 Å². The number of carbonyl (C=O) groups excluding carboxylic acids is 1. The van der Waals surface area contributed by atoms with Crippen molar-refractivity contribution in [3.63, 3.8) is 0 Å². The highest BCUT2D eigenvalue weighted by Gasteiger charge is 2.31. The number of rotatable bonds is 6. The number of amides is 1. The third-order valence-corrected chi connectivity index (χ3v) is 6.43. The number of hydrogen-bond donors (Lipinski definition) is 0. The Morgan fingerprint density at radius 1 is 1.14 bits per heavy atom. The Balaban J connectivity index is 1.82. The molecule has 2 aromatic carbocycles. The molecule has 0 aromatic heterocycles. The number of sulfone groups is 1. The van der Waals surface area contributed by atoms with Gasteiger partial charge >= 0.3 is 0 Å². The number of hydrogen-bond acceptors (Lipinski definition) is 4. The largest absolute Gasteiger partial charge is 0.484 e. The highest BCUT2D eigenvalue weighted by molar-refractivity contribution is 9.10. The molecule has 0 saturated carbocycles. The minimum Gasteiger partial charge on any atom is -0.484 e. The van der Waals surface area contributed by atoms with E-state index in [0.29, 0.717) is 17.4 Å². The molecule has 1 unspecified atom stereocenters. The quantitative estimate of drug-likeness (QED) is 0.640. The highest BCUT2D eigenvalue weighted by Crippen LogP contribution is 2.26. The maximum Gasteiger partial charge on any atom is 0.265 e. The number of halogens is 1. The van der Waals surface area contributed by atoms with Crippen LogP contribution in [0.1, 0.15) is 25.3 Å². The van der Waals surface area contributed by atoms with Crippen LogP contribution in [0.15, 0.2) is 64.5 Å². The van der Waals surface area contributed by atoms with Crippen LogP contribution in [0.5, 0.6) is 5.75 Å². The molecular weight excluding hydrogens is 442 g/mol. The number of ether oxygens (including phenoxy) is 1. The van der Waals surface area contributed by atoms with Crippen LogP contribution in [0.4, 0.5) is 5.69 Å². The van der Waals surface area contributed by atoms with E-state index in [9.17, 15) is 13.2 Å². The Hall–Kier alpha value is -2.12. The van der Waals surface area contributed by atoms with E-state index in [0.717, 1.165) is 10.0 Å². The van der Waals surface area contributed by atoms with Gasteiger partial charge in [0.15, 0.2) is 16.4 Å². The van der Waals surface area contributed by atoms with Gasteiger partial charge < -0.3 is 9.64 Å². The van der Waals surface area contributed by atoms with Crippen LogP contribution < -0.4 is 9.64 Å². The fraction of sp³-hybridized carbons (Fsp3) is 0.286. The third kappa shape index (κ3) is 5.02. The fourth-order valence-corrected chi connectivity index (χ4v) is 4.54. The summed E-state index contributed by atoms with van der Waals surface area (Å²) in [6, 6.07) is 14.3. The fourth-order valence-electron chi connectivity index (χ4n) is 3.01. The Labute approximate surface area is 174 Å². The zero-order chi connectivity index (χ0) is 20.3. The lowest BCUT2D eigenvalue weighted by Crippen LogP contribution is -2.43. The van der Waals surface area contributed by atoms with Gasteiger partial charge in [-0.05, 0) is 54.0 Å². The summed E-state index contributed by atoms with van der Waals surface area (Å²) in [7, 11) is -3.30. The first kappa shape index (κ1) is 20.6. The summed E-state index contributed by atoms with van der Waals surface area (Å²) in [6.07, 6.45) is 1.56. The molecule has 0 fully saturated rings. The van der Waals surface area contributed by atoms with Gasteiger partial charge in [0.05, 0.1) is 11.8 Å². The first-order valence-corrected chi connectivity index (χ1v) is 11.5. The average molecular weight is 464 g/mol. The second-order valence-corrected chi connectivity index (χ2v) is 9.82. The summed E-state index contributed by atoms with van der Waals surface area (Å²) >= 11 is 3.36. The van der Waals surface area contributed by atoms with Gasteiger partial charge in [-0.1, -0.05) is 41.9 Å². The normalized spacial score (nSPS) is 17.6. The van der Waals surface area contributed by atoms with Crippen molar-refractivity contribution in [1.82, 2.24) is 0 Å². The van der Waals surface area contributed by atoms with Gasteiger partial charge in [0, 0.05) is 15.6 Å². The van der Waals surface area contributed by atoms with E-state index in [4.69, 9.17) is 4.74 Å². The van der Waals surface area contributed by atoms with Crippen molar-refractivity contribution in [2.45, 2.75) is 25.8 Å². The highest BCUT2D eigenvalue weighted by atomic mass is 79.9. The molecule has 3 rings (SSSR count). The van der Waals surface area contributed by atoms with E-state index < -0.39 is 15.9 Å². The van der Waals surface area contributed by atoms with E-state index in [2.05, 4.69) is 29.8 Å². The van der Waals surface area contributed by atoms with Crippen molar-refractivity contribution in [2.24, 2.45) is 0 Å². The van der Waals surface area contributed by atoms with Gasteiger partial charge in [-0.25, -0.2) is 8.42 Å². The van der Waals surface area contributed by atoms with Gasteiger partial charge in [-0.15, -0.1) is 0 Å². The summed E-state index contributed by atoms with van der Waals surface area (Å²) in [5.74, 6) is 0.516. The lowest BCUT2D eigenvalue weighted by atomic mass is 10.0. The Morgan fingerprint density at radius 2 is 1.79 bits per heavy atom. The monoisotopic (exact) mass is 463 g/mol. The van der Waals surface area contributed by atoms with Crippen molar-refractivity contribution in [1.29, 1.82) is 0 Å². The molecule has 28 heavy (non-hydrogen) atoms. The molecule has 0 spiro atoms. The molecule has 1 atom stereocenters. The van der Waals surface area contributed by atoms with Gasteiger partial charge in [0.1, 0.15) is 5.75 Å². The van der Waals surface area contributed by atoms with Crippen molar-refractivity contribution in [3.8, 4) is 5.75 Å². The van der Waals surface area contributed by atoms with Crippen LogP contribution in [-0.2, 0) is 14.6 Å². The molecule has 0 saturated heterocycles. The van der Waals surface area contributed by atoms with Crippen LogP contribution in [-0.4, -0.2) is 32.7 Å². The summed E-state index contributed by atoms with van der Waals surface area (Å²) < 4.78 is 30.3. The molecule has 0 aliphatic carbocycles. The molecule has 148 valence electrons. The van der Waals surface area contributed by atoms with Crippen LogP contribution in [0.2, 0.25) is 0 Å². The molecule has 0 bridgehead atoms. The van der Waals surface area contributed by atoms with Crippen molar-refractivity contribution in [2.75, 3.05) is 17.3 Å². The van der Waals surface area contributed by atoms with Crippen molar-refractivity contribution >= 4 is 37.4 Å². The molecule has 1 aliphatic rings. The Bertz CT molecular complexity index is 966. The molecule has 1 amide bonds. The Kier molecular flexibility index (Phi) is 6.25. The molecule has 5 nitrogen and oxygen atoms in total. The van der Waals surface area contributed by atoms with Crippen LogP contribution in [0.25, 0.3) is 0 Å². The first-order valence-electron chi connectivity index (χ1n) is 8.96. The lowest BCUT2D eigenvalue weighted by Gasteiger charge is -2.28. The summed E-state index contributed by atoms with van der Waals surface area (Å²) in [5, 5.41) is 1.18. The second-order valence-electron chi connectivity index (χ2n) is 6.98. The molecule has 1 heterocycles. The van der Waals surface area contributed by atoms with Crippen molar-refractivity contribution in [3.05, 3.63) is 70.1 Å². The maximum atomic E-state index is 13.0. The smallest absolute Gasteiger partial charge is 0.265 e. The minimum absolute atomic E-state index is 0.122.